The summed E-state index contributed by atoms with van der Waals surface area (Å²) < 4.78 is 0. The highest BCUT2D eigenvalue weighted by atomic mass is 79.9. The van der Waals surface area contributed by atoms with Gasteiger partial charge in [0.25, 0.3) is 0 Å². The molecule has 0 amide bonds. The largest absolute Gasteiger partial charge is 0.0891 e. The van der Waals surface area contributed by atoms with Crippen molar-refractivity contribution in [2.24, 2.45) is 11.8 Å². The molecule has 0 saturated heterocycles. The van der Waals surface area contributed by atoms with Crippen molar-refractivity contribution in [3.63, 3.8) is 0 Å². The Morgan fingerprint density at radius 1 is 1.00 bits per heavy atom. The van der Waals surface area contributed by atoms with Gasteiger partial charge in [0.05, 0.1) is 0 Å². The van der Waals surface area contributed by atoms with Crippen LogP contribution in [0.2, 0.25) is 0 Å². The average molecular weight is 275 g/mol. The Morgan fingerprint density at radius 3 is 2.13 bits per heavy atom. The average Bonchev–Trinajstić information content (AvgIpc) is 2.27. The van der Waals surface area contributed by atoms with E-state index in [0.717, 1.165) is 16.7 Å². The molecule has 15 heavy (non-hydrogen) atoms. The van der Waals surface area contributed by atoms with Crippen molar-refractivity contribution in [1.29, 1.82) is 0 Å². The molecule has 1 saturated carbocycles. The Morgan fingerprint density at radius 2 is 1.60 bits per heavy atom. The summed E-state index contributed by atoms with van der Waals surface area (Å²) in [6.45, 7) is 4.63. The smallest absolute Gasteiger partial charge is 0.0145 e. The second-order valence-corrected chi connectivity index (χ2v) is 6.55. The van der Waals surface area contributed by atoms with Gasteiger partial charge in [-0.2, -0.15) is 0 Å². The van der Waals surface area contributed by atoms with E-state index in [2.05, 4.69) is 29.8 Å². The van der Waals surface area contributed by atoms with Gasteiger partial charge in [-0.05, 0) is 31.1 Å². The number of hydrogen-bond acceptors (Lipinski definition) is 0. The highest BCUT2D eigenvalue weighted by Crippen LogP contribution is 2.34. The third-order valence-electron chi connectivity index (χ3n) is 4.03. The normalized spacial score (nSPS) is 29.0. The second kappa shape index (κ2) is 7.70. The van der Waals surface area contributed by atoms with Gasteiger partial charge in [-0.3, -0.25) is 0 Å². The molecule has 0 aliphatic heterocycles. The summed E-state index contributed by atoms with van der Waals surface area (Å²) in [6.07, 6.45) is 13.0. The van der Waals surface area contributed by atoms with Crippen LogP contribution < -0.4 is 0 Å². The highest BCUT2D eigenvalue weighted by molar-refractivity contribution is 9.09. The first-order valence-corrected chi connectivity index (χ1v) is 7.81. The fourth-order valence-corrected chi connectivity index (χ4v) is 3.52. The molecule has 0 aromatic rings. The van der Waals surface area contributed by atoms with E-state index in [-0.39, 0.29) is 0 Å². The molecule has 1 aliphatic carbocycles. The van der Waals surface area contributed by atoms with Gasteiger partial charge in [0.15, 0.2) is 0 Å². The van der Waals surface area contributed by atoms with Crippen LogP contribution >= 0.6 is 15.9 Å². The summed E-state index contributed by atoms with van der Waals surface area (Å²) in [5.74, 6) is 2.10. The fraction of sp³-hybridized carbons (Fsp3) is 1.00. The number of alkyl halides is 1. The molecule has 1 unspecified atom stereocenters. The third-order valence-corrected chi connectivity index (χ3v) is 4.95. The van der Waals surface area contributed by atoms with Crippen LogP contribution in [0.5, 0.6) is 0 Å². The summed E-state index contributed by atoms with van der Waals surface area (Å²) >= 11 is 3.79. The van der Waals surface area contributed by atoms with Gasteiger partial charge < -0.3 is 0 Å². The lowest BCUT2D eigenvalue weighted by Crippen LogP contribution is -2.15. The van der Waals surface area contributed by atoms with E-state index < -0.39 is 0 Å². The molecule has 1 rings (SSSR count). The van der Waals surface area contributed by atoms with E-state index in [1.165, 1.54) is 57.8 Å². The maximum absolute atomic E-state index is 3.79. The van der Waals surface area contributed by atoms with Crippen LogP contribution in [0, 0.1) is 11.8 Å². The third kappa shape index (κ3) is 5.38. The van der Waals surface area contributed by atoms with Crippen molar-refractivity contribution in [3.05, 3.63) is 0 Å². The Labute approximate surface area is 104 Å². The summed E-state index contributed by atoms with van der Waals surface area (Å²) in [6, 6.07) is 0. The van der Waals surface area contributed by atoms with Gasteiger partial charge in [-0.15, -0.1) is 0 Å². The Kier molecular flexibility index (Phi) is 6.96. The Bertz CT molecular complexity index is 147. The van der Waals surface area contributed by atoms with Crippen LogP contribution in [0.4, 0.5) is 0 Å². The number of hydrogen-bond donors (Lipinski definition) is 0. The second-order valence-electron chi connectivity index (χ2n) is 5.26. The molecule has 0 radical (unpaired) electrons. The van der Waals surface area contributed by atoms with E-state index in [1.54, 1.807) is 0 Å². The summed E-state index contributed by atoms with van der Waals surface area (Å²) in [7, 11) is 0. The van der Waals surface area contributed by atoms with E-state index in [1.807, 2.05) is 0 Å². The molecular weight excluding hydrogens is 248 g/mol. The van der Waals surface area contributed by atoms with Crippen LogP contribution in [0.15, 0.2) is 0 Å². The van der Waals surface area contributed by atoms with Gasteiger partial charge in [0.2, 0.25) is 0 Å². The molecule has 0 aromatic heterocycles. The highest BCUT2D eigenvalue weighted by Gasteiger charge is 2.20. The predicted octanol–water partition coefficient (Wildman–Crippen LogP) is 5.55. The molecule has 0 N–H and O–H groups in total. The first-order chi connectivity index (χ1) is 7.26. The van der Waals surface area contributed by atoms with Crippen molar-refractivity contribution in [1.82, 2.24) is 0 Å². The monoisotopic (exact) mass is 274 g/mol. The molecule has 1 heteroatoms. The topological polar surface area (TPSA) is 0 Å². The Hall–Kier alpha value is 0.480. The van der Waals surface area contributed by atoms with Crippen LogP contribution in [0.1, 0.15) is 71.6 Å². The molecule has 0 heterocycles. The molecule has 1 fully saturated rings. The standard InChI is InChI=1S/C14H27Br/c1-3-5-14(15)11-10-13-8-6-12(4-2)7-9-13/h12-14H,3-11H2,1-2H3. The van der Waals surface area contributed by atoms with Gasteiger partial charge >= 0.3 is 0 Å². The van der Waals surface area contributed by atoms with Gasteiger partial charge in [0.1, 0.15) is 0 Å². The fourth-order valence-electron chi connectivity index (χ4n) is 2.80. The van der Waals surface area contributed by atoms with E-state index in [4.69, 9.17) is 0 Å². The molecule has 0 aromatic carbocycles. The minimum Gasteiger partial charge on any atom is -0.0891 e. The van der Waals surface area contributed by atoms with Crippen LogP contribution in [0.3, 0.4) is 0 Å². The maximum Gasteiger partial charge on any atom is 0.0145 e. The SMILES string of the molecule is CCCC(Br)CCC1CCC(CC)CC1. The number of rotatable bonds is 6. The van der Waals surface area contributed by atoms with E-state index >= 15 is 0 Å². The first kappa shape index (κ1) is 13.5. The van der Waals surface area contributed by atoms with Crippen molar-refractivity contribution >= 4 is 15.9 Å². The summed E-state index contributed by atoms with van der Waals surface area (Å²) in [5, 5.41) is 0. The quantitative estimate of drug-likeness (QED) is 0.558. The summed E-state index contributed by atoms with van der Waals surface area (Å²) in [5.41, 5.74) is 0. The maximum atomic E-state index is 3.79. The van der Waals surface area contributed by atoms with Crippen LogP contribution in [0.25, 0.3) is 0 Å². The van der Waals surface area contributed by atoms with Gasteiger partial charge in [-0.25, -0.2) is 0 Å². The zero-order valence-corrected chi connectivity index (χ0v) is 12.1. The molecule has 1 atom stereocenters. The van der Waals surface area contributed by atoms with Crippen molar-refractivity contribution in [2.75, 3.05) is 0 Å². The zero-order chi connectivity index (χ0) is 11.1. The predicted molar refractivity (Wildman–Crippen MR) is 72.6 cm³/mol. The lowest BCUT2D eigenvalue weighted by Gasteiger charge is -2.28. The molecule has 0 nitrogen and oxygen atoms in total. The van der Waals surface area contributed by atoms with Gasteiger partial charge in [0, 0.05) is 4.83 Å². The van der Waals surface area contributed by atoms with Crippen molar-refractivity contribution in [3.8, 4) is 0 Å². The molecule has 1 aliphatic rings. The molecular formula is C14H27Br. The van der Waals surface area contributed by atoms with Crippen LogP contribution in [-0.4, -0.2) is 4.83 Å². The summed E-state index contributed by atoms with van der Waals surface area (Å²) in [4.78, 5) is 0.784. The minimum absolute atomic E-state index is 0.784. The molecule has 0 bridgehead atoms. The van der Waals surface area contributed by atoms with Gasteiger partial charge in [-0.1, -0.05) is 68.3 Å². The van der Waals surface area contributed by atoms with E-state index in [9.17, 15) is 0 Å². The minimum atomic E-state index is 0.784. The number of halogens is 1. The van der Waals surface area contributed by atoms with Crippen LogP contribution in [-0.2, 0) is 0 Å². The lowest BCUT2D eigenvalue weighted by atomic mass is 9.79. The zero-order valence-electron chi connectivity index (χ0n) is 10.5. The van der Waals surface area contributed by atoms with Crippen molar-refractivity contribution in [2.45, 2.75) is 76.5 Å². The van der Waals surface area contributed by atoms with E-state index in [0.29, 0.717) is 0 Å². The first-order valence-electron chi connectivity index (χ1n) is 6.90. The Balaban J connectivity index is 2.08. The molecule has 0 spiro atoms. The van der Waals surface area contributed by atoms with Crippen molar-refractivity contribution < 1.29 is 0 Å². The molecule has 90 valence electrons. The lowest BCUT2D eigenvalue weighted by molar-refractivity contribution is 0.254.